The molecule has 2 rings (SSSR count). The number of unbranched alkanes of at least 4 members (excludes halogenated alkanes) is 1. The maximum absolute atomic E-state index is 2.26. The number of hydrogen-bond donors (Lipinski definition) is 0. The van der Waals surface area contributed by atoms with Crippen LogP contribution in [0.2, 0.25) is 0 Å². The molecule has 0 heterocycles. The summed E-state index contributed by atoms with van der Waals surface area (Å²) in [6, 6.07) is 17.9. The van der Waals surface area contributed by atoms with E-state index in [1.807, 2.05) is 0 Å². The lowest BCUT2D eigenvalue weighted by Gasteiger charge is -2.04. The van der Waals surface area contributed by atoms with Gasteiger partial charge in [-0.05, 0) is 53.9 Å². The zero-order chi connectivity index (χ0) is 17.1. The van der Waals surface area contributed by atoms with E-state index in [0.717, 1.165) is 12.8 Å². The molecule has 0 aliphatic heterocycles. The Morgan fingerprint density at radius 1 is 0.485 bits per heavy atom. The van der Waals surface area contributed by atoms with Crippen LogP contribution in [-0.2, 0) is 19.3 Å². The summed E-state index contributed by atoms with van der Waals surface area (Å²) in [5.74, 6) is 0.654. The van der Waals surface area contributed by atoms with Gasteiger partial charge in [0.2, 0.25) is 0 Å². The van der Waals surface area contributed by atoms with Crippen LogP contribution < -0.4 is 0 Å². The third-order valence-corrected chi connectivity index (χ3v) is 4.30. The fraction of sp³-hybridized carbons (Fsp3) is 0.636. The zero-order valence-electron chi connectivity index (χ0n) is 15.7. The van der Waals surface area contributed by atoms with Crippen molar-refractivity contribution in [2.75, 3.05) is 0 Å². The molecule has 206 valence electrons. The van der Waals surface area contributed by atoms with Crippen LogP contribution >= 0.6 is 0 Å². The van der Waals surface area contributed by atoms with Crippen LogP contribution in [0.25, 0.3) is 0 Å². The largest absolute Gasteiger partial charge is 0.0776 e. The van der Waals surface area contributed by atoms with Crippen molar-refractivity contribution < 1.29 is 0 Å². The molecule has 0 heteroatoms. The van der Waals surface area contributed by atoms with E-state index in [1.54, 1.807) is 0 Å². The maximum Gasteiger partial charge on any atom is -0.0219 e. The molecule has 0 saturated carbocycles. The standard InChI is InChI=1S/C12H18.C11H16.10CH4/c1-3-5-6-12-9-7-11(4-2)8-10-12;1-4-10-5-7-11(8-6-10)9(2)3;;;;;;;;;;/h7-10H,3-6H2,1-2H3;5-9H,4H2,1-3H3;10*1H4. The summed E-state index contributed by atoms with van der Waals surface area (Å²) >= 11 is 0. The molecule has 0 amide bonds. The Bertz CT molecular complexity index is 517. The average molecular weight is 471 g/mol. The van der Waals surface area contributed by atoms with Gasteiger partial charge in [-0.15, -0.1) is 0 Å². The molecule has 0 spiro atoms. The van der Waals surface area contributed by atoms with Crippen molar-refractivity contribution in [2.45, 2.75) is 147 Å². The van der Waals surface area contributed by atoms with Crippen molar-refractivity contribution in [3.8, 4) is 0 Å². The predicted octanol–water partition coefficient (Wildman–Crippen LogP) is 13.3. The molecule has 0 radical (unpaired) electrons. The van der Waals surface area contributed by atoms with Gasteiger partial charge in [0.25, 0.3) is 0 Å². The molecule has 0 unspecified atom stereocenters. The van der Waals surface area contributed by atoms with E-state index in [0.29, 0.717) is 5.92 Å². The first-order valence-electron chi connectivity index (χ1n) is 9.27. The Kier molecular flexibility index (Phi) is 72.5. The van der Waals surface area contributed by atoms with Gasteiger partial charge in [-0.25, -0.2) is 0 Å². The predicted molar refractivity (Wildman–Crippen MR) is 172 cm³/mol. The first-order valence-corrected chi connectivity index (χ1v) is 9.27. The van der Waals surface area contributed by atoms with Gasteiger partial charge in [-0.1, -0.05) is 164 Å². The average Bonchev–Trinajstić information content (AvgIpc) is 2.61. The minimum atomic E-state index is 0. The molecule has 0 N–H and O–H groups in total. The third-order valence-electron chi connectivity index (χ3n) is 4.30. The number of hydrogen-bond acceptors (Lipinski definition) is 0. The highest BCUT2D eigenvalue weighted by atomic mass is 14.0. The summed E-state index contributed by atoms with van der Waals surface area (Å²) in [4.78, 5) is 0. The summed E-state index contributed by atoms with van der Waals surface area (Å²) in [7, 11) is 0. The third kappa shape index (κ3) is 26.6. The smallest absolute Gasteiger partial charge is 0.0219 e. The van der Waals surface area contributed by atoms with Gasteiger partial charge in [0.05, 0.1) is 0 Å². The van der Waals surface area contributed by atoms with E-state index in [9.17, 15) is 0 Å². The Morgan fingerprint density at radius 2 is 0.788 bits per heavy atom. The summed E-state index contributed by atoms with van der Waals surface area (Å²) in [5.41, 5.74) is 5.78. The number of aryl methyl sites for hydroxylation is 3. The van der Waals surface area contributed by atoms with Crippen molar-refractivity contribution in [3.63, 3.8) is 0 Å². The summed E-state index contributed by atoms with van der Waals surface area (Å²) in [5, 5.41) is 0. The van der Waals surface area contributed by atoms with Gasteiger partial charge in [-0.2, -0.15) is 0 Å². The molecule has 0 fully saturated rings. The monoisotopic (exact) mass is 471 g/mol. The van der Waals surface area contributed by atoms with Crippen molar-refractivity contribution in [1.82, 2.24) is 0 Å². The Labute approximate surface area is 217 Å². The lowest BCUT2D eigenvalue weighted by atomic mass is 10.0. The van der Waals surface area contributed by atoms with E-state index in [1.165, 1.54) is 41.5 Å². The van der Waals surface area contributed by atoms with Crippen molar-refractivity contribution in [2.24, 2.45) is 0 Å². The molecule has 0 aliphatic rings. The van der Waals surface area contributed by atoms with Gasteiger partial charge in [0.1, 0.15) is 0 Å². The highest BCUT2D eigenvalue weighted by Crippen LogP contribution is 2.14. The van der Waals surface area contributed by atoms with Crippen LogP contribution in [0.5, 0.6) is 0 Å². The molecule has 0 atom stereocenters. The number of rotatable bonds is 6. The van der Waals surface area contributed by atoms with Gasteiger partial charge >= 0.3 is 0 Å². The summed E-state index contributed by atoms with van der Waals surface area (Å²) in [6.07, 6.45) is 6.12. The maximum atomic E-state index is 2.26. The molecular formula is C33H74. The minimum Gasteiger partial charge on any atom is -0.0776 e. The molecule has 0 aliphatic carbocycles. The Hall–Kier alpha value is -1.56. The van der Waals surface area contributed by atoms with E-state index in [4.69, 9.17) is 0 Å². The van der Waals surface area contributed by atoms with Crippen LogP contribution in [0.4, 0.5) is 0 Å². The topological polar surface area (TPSA) is 0 Å². The van der Waals surface area contributed by atoms with Crippen LogP contribution in [-0.4, -0.2) is 0 Å². The minimum absolute atomic E-state index is 0. The van der Waals surface area contributed by atoms with Crippen LogP contribution in [0.15, 0.2) is 48.5 Å². The second-order valence-electron chi connectivity index (χ2n) is 6.52. The molecular weight excluding hydrogens is 396 g/mol. The first-order chi connectivity index (χ1) is 11.1. The van der Waals surface area contributed by atoms with E-state index in [2.05, 4.69) is 83.1 Å². The molecule has 0 aromatic heterocycles. The lowest BCUT2D eigenvalue weighted by Crippen LogP contribution is -1.87. The zero-order valence-corrected chi connectivity index (χ0v) is 15.7. The molecule has 0 nitrogen and oxygen atoms in total. The van der Waals surface area contributed by atoms with E-state index < -0.39 is 0 Å². The van der Waals surface area contributed by atoms with Gasteiger partial charge in [0, 0.05) is 0 Å². The van der Waals surface area contributed by atoms with Gasteiger partial charge in [0.15, 0.2) is 0 Å². The summed E-state index contributed by atoms with van der Waals surface area (Å²) < 4.78 is 0. The molecule has 2 aromatic carbocycles. The van der Waals surface area contributed by atoms with Crippen LogP contribution in [0, 0.1) is 0 Å². The number of benzene rings is 2. The van der Waals surface area contributed by atoms with Gasteiger partial charge in [-0.3, -0.25) is 0 Å². The molecule has 0 bridgehead atoms. The SMILES string of the molecule is C.C.C.C.C.C.C.C.C.C.CCCCc1ccc(CC)cc1.CCc1ccc(C(C)C)cc1. The second-order valence-corrected chi connectivity index (χ2v) is 6.52. The van der Waals surface area contributed by atoms with E-state index in [-0.39, 0.29) is 74.3 Å². The fourth-order valence-electron chi connectivity index (χ4n) is 2.46. The summed E-state index contributed by atoms with van der Waals surface area (Å²) in [6.45, 7) is 11.1. The molecule has 2 aromatic rings. The molecule has 33 heavy (non-hydrogen) atoms. The first kappa shape index (κ1) is 63.4. The Morgan fingerprint density at radius 3 is 1.06 bits per heavy atom. The van der Waals surface area contributed by atoms with Gasteiger partial charge < -0.3 is 0 Å². The molecule has 0 saturated heterocycles. The quantitative estimate of drug-likeness (QED) is 0.393. The fourth-order valence-corrected chi connectivity index (χ4v) is 2.46. The highest BCUT2D eigenvalue weighted by molar-refractivity contribution is 5.24. The van der Waals surface area contributed by atoms with Crippen LogP contribution in [0.3, 0.4) is 0 Å². The Balaban J connectivity index is -0.0000000308. The van der Waals surface area contributed by atoms with Crippen molar-refractivity contribution in [1.29, 1.82) is 0 Å². The van der Waals surface area contributed by atoms with E-state index >= 15 is 0 Å². The second kappa shape index (κ2) is 37.7. The normalized spacial score (nSPS) is 7.21. The van der Waals surface area contributed by atoms with Crippen molar-refractivity contribution in [3.05, 3.63) is 70.8 Å². The van der Waals surface area contributed by atoms with Crippen molar-refractivity contribution >= 4 is 0 Å². The lowest BCUT2D eigenvalue weighted by molar-refractivity contribution is 0.794. The van der Waals surface area contributed by atoms with Crippen LogP contribution in [0.1, 0.15) is 150 Å². The highest BCUT2D eigenvalue weighted by Gasteiger charge is 1.96.